The van der Waals surface area contributed by atoms with Gasteiger partial charge in [0.15, 0.2) is 11.0 Å². The molecule has 0 amide bonds. The fourth-order valence-electron chi connectivity index (χ4n) is 3.03. The molecule has 1 N–H and O–H groups in total. The maximum atomic E-state index is 14.3. The largest absolute Gasteiger partial charge is 0.388 e. The van der Waals surface area contributed by atoms with Gasteiger partial charge in [0, 0.05) is 17.6 Å². The second kappa shape index (κ2) is 4.53. The fraction of sp³-hybridized carbons (Fsp3) is 0.429. The van der Waals surface area contributed by atoms with Crippen molar-refractivity contribution in [3.05, 3.63) is 39.7 Å². The van der Waals surface area contributed by atoms with Gasteiger partial charge in [-0.2, -0.15) is 0 Å². The first-order valence-electron chi connectivity index (χ1n) is 6.49. The first-order chi connectivity index (χ1) is 9.42. The van der Waals surface area contributed by atoms with E-state index in [4.69, 9.17) is 11.6 Å². The number of aliphatic hydroxyl groups is 1. The van der Waals surface area contributed by atoms with Crippen molar-refractivity contribution in [2.45, 2.75) is 37.8 Å². The molecular weight excluding hydrogens is 283 g/mol. The summed E-state index contributed by atoms with van der Waals surface area (Å²) < 4.78 is 15.6. The molecular formula is C14H14ClFN2O2. The molecule has 3 rings (SSSR count). The van der Waals surface area contributed by atoms with E-state index in [1.165, 1.54) is 22.9 Å². The Morgan fingerprint density at radius 3 is 2.95 bits per heavy atom. The summed E-state index contributed by atoms with van der Waals surface area (Å²) in [5, 5.41) is 10.6. The lowest BCUT2D eigenvalue weighted by atomic mass is 9.99. The van der Waals surface area contributed by atoms with Gasteiger partial charge in [0.25, 0.3) is 5.56 Å². The average Bonchev–Trinajstić information content (AvgIpc) is 2.74. The van der Waals surface area contributed by atoms with Crippen molar-refractivity contribution in [2.24, 2.45) is 0 Å². The minimum atomic E-state index is -1.03. The van der Waals surface area contributed by atoms with Gasteiger partial charge in [-0.15, -0.1) is 0 Å². The third-order valence-corrected chi connectivity index (χ3v) is 4.32. The minimum Gasteiger partial charge on any atom is -0.388 e. The van der Waals surface area contributed by atoms with E-state index in [0.29, 0.717) is 18.2 Å². The van der Waals surface area contributed by atoms with Crippen molar-refractivity contribution in [1.82, 2.24) is 9.55 Å². The Labute approximate surface area is 119 Å². The van der Waals surface area contributed by atoms with Crippen LogP contribution in [0.15, 0.2) is 23.1 Å². The third-order valence-electron chi connectivity index (χ3n) is 4.05. The number of rotatable bonds is 1. The molecule has 2 aromatic heterocycles. The van der Waals surface area contributed by atoms with E-state index in [2.05, 4.69) is 4.98 Å². The zero-order valence-corrected chi connectivity index (χ0v) is 11.7. The number of hydrogen-bond donors (Lipinski definition) is 1. The second-order valence-corrected chi connectivity index (χ2v) is 5.83. The van der Waals surface area contributed by atoms with Crippen LogP contribution in [0.2, 0.25) is 5.15 Å². The van der Waals surface area contributed by atoms with Crippen LogP contribution in [0.3, 0.4) is 0 Å². The summed E-state index contributed by atoms with van der Waals surface area (Å²) >= 11 is 5.73. The molecule has 2 aromatic rings. The van der Waals surface area contributed by atoms with Gasteiger partial charge in [0.05, 0.1) is 17.2 Å². The third kappa shape index (κ3) is 1.93. The quantitative estimate of drug-likeness (QED) is 0.823. The molecule has 0 saturated heterocycles. The number of halogens is 2. The molecule has 1 aliphatic rings. The van der Waals surface area contributed by atoms with E-state index in [-0.39, 0.29) is 16.2 Å². The van der Waals surface area contributed by atoms with Gasteiger partial charge in [-0.25, -0.2) is 9.37 Å². The molecule has 106 valence electrons. The molecule has 0 unspecified atom stereocenters. The van der Waals surface area contributed by atoms with Crippen LogP contribution in [0.5, 0.6) is 0 Å². The summed E-state index contributed by atoms with van der Waals surface area (Å²) in [6, 6.07) is 2.43. The maximum Gasteiger partial charge on any atom is 0.251 e. The van der Waals surface area contributed by atoms with Crippen molar-refractivity contribution in [2.75, 3.05) is 0 Å². The van der Waals surface area contributed by atoms with Gasteiger partial charge in [0.2, 0.25) is 0 Å². The summed E-state index contributed by atoms with van der Waals surface area (Å²) in [5.41, 5.74) is -1.25. The molecule has 1 saturated carbocycles. The van der Waals surface area contributed by atoms with Gasteiger partial charge in [-0.3, -0.25) is 9.36 Å². The summed E-state index contributed by atoms with van der Waals surface area (Å²) in [6.45, 7) is 1.68. The van der Waals surface area contributed by atoms with Crippen LogP contribution in [-0.2, 0) is 0 Å². The molecule has 2 heterocycles. The normalized spacial score (nSPS) is 26.3. The monoisotopic (exact) mass is 296 g/mol. The van der Waals surface area contributed by atoms with Crippen molar-refractivity contribution >= 4 is 22.5 Å². The summed E-state index contributed by atoms with van der Waals surface area (Å²) in [5.74, 6) is -0.718. The zero-order chi connectivity index (χ0) is 14.5. The Morgan fingerprint density at radius 2 is 2.30 bits per heavy atom. The zero-order valence-electron chi connectivity index (χ0n) is 10.9. The Hall–Kier alpha value is -1.46. The number of hydrogen-bond acceptors (Lipinski definition) is 3. The Balaban J connectivity index is 2.37. The Bertz CT molecular complexity index is 742. The van der Waals surface area contributed by atoms with Crippen molar-refractivity contribution in [1.29, 1.82) is 0 Å². The van der Waals surface area contributed by atoms with Crippen LogP contribution in [-0.4, -0.2) is 20.3 Å². The molecule has 1 fully saturated rings. The summed E-state index contributed by atoms with van der Waals surface area (Å²) in [6.07, 6.45) is 3.44. The van der Waals surface area contributed by atoms with Crippen LogP contribution >= 0.6 is 11.6 Å². The molecule has 0 spiro atoms. The molecule has 0 radical (unpaired) electrons. The van der Waals surface area contributed by atoms with Crippen molar-refractivity contribution in [3.63, 3.8) is 0 Å². The van der Waals surface area contributed by atoms with Gasteiger partial charge in [-0.1, -0.05) is 11.6 Å². The molecule has 0 aliphatic heterocycles. The van der Waals surface area contributed by atoms with E-state index in [0.717, 1.165) is 6.42 Å². The fourth-order valence-corrected chi connectivity index (χ4v) is 3.17. The molecule has 1 aliphatic carbocycles. The smallest absolute Gasteiger partial charge is 0.251 e. The predicted octanol–water partition coefficient (Wildman–Crippen LogP) is 2.67. The van der Waals surface area contributed by atoms with Gasteiger partial charge in [0.1, 0.15) is 0 Å². The Kier molecular flexibility index (Phi) is 3.06. The highest BCUT2D eigenvalue weighted by Crippen LogP contribution is 2.40. The lowest BCUT2D eigenvalue weighted by molar-refractivity contribution is 0.0267. The lowest BCUT2D eigenvalue weighted by Gasteiger charge is -2.28. The highest BCUT2D eigenvalue weighted by Gasteiger charge is 2.39. The van der Waals surface area contributed by atoms with E-state index < -0.39 is 17.5 Å². The van der Waals surface area contributed by atoms with Crippen LogP contribution in [0.25, 0.3) is 10.9 Å². The molecule has 2 atom stereocenters. The molecule has 4 nitrogen and oxygen atoms in total. The van der Waals surface area contributed by atoms with Crippen molar-refractivity contribution in [3.8, 4) is 0 Å². The van der Waals surface area contributed by atoms with Crippen molar-refractivity contribution < 1.29 is 9.50 Å². The standard InChI is InChI=1S/C14H14ClFN2O2/c1-14(20)6-2-3-9(14)18-10(19)5-4-8-7-17-13(15)11(16)12(8)18/h4-5,7,9,20H,2-3,6H2,1H3/t9-,14-/m1/s1. The lowest BCUT2D eigenvalue weighted by Crippen LogP contribution is -2.37. The van der Waals surface area contributed by atoms with Crippen LogP contribution in [0.1, 0.15) is 32.2 Å². The predicted molar refractivity (Wildman–Crippen MR) is 74.5 cm³/mol. The van der Waals surface area contributed by atoms with E-state index >= 15 is 0 Å². The van der Waals surface area contributed by atoms with E-state index in [1.54, 1.807) is 6.92 Å². The molecule has 20 heavy (non-hydrogen) atoms. The van der Waals surface area contributed by atoms with Crippen LogP contribution < -0.4 is 5.56 Å². The number of nitrogens with zero attached hydrogens (tertiary/aromatic N) is 2. The number of aromatic nitrogens is 2. The van der Waals surface area contributed by atoms with Crippen LogP contribution in [0, 0.1) is 5.82 Å². The highest BCUT2D eigenvalue weighted by molar-refractivity contribution is 6.30. The SMILES string of the molecule is C[C@@]1(O)CCC[C@H]1n1c(=O)ccc2cnc(Cl)c(F)c21. The highest BCUT2D eigenvalue weighted by atomic mass is 35.5. The second-order valence-electron chi connectivity index (χ2n) is 5.47. The summed E-state index contributed by atoms with van der Waals surface area (Å²) in [4.78, 5) is 15.9. The minimum absolute atomic E-state index is 0.115. The van der Waals surface area contributed by atoms with Crippen LogP contribution in [0.4, 0.5) is 4.39 Å². The average molecular weight is 297 g/mol. The molecule has 6 heteroatoms. The first kappa shape index (κ1) is 13.5. The van der Waals surface area contributed by atoms with Gasteiger partial charge in [-0.05, 0) is 32.3 Å². The summed E-state index contributed by atoms with van der Waals surface area (Å²) in [7, 11) is 0. The van der Waals surface area contributed by atoms with Gasteiger partial charge >= 0.3 is 0 Å². The number of pyridine rings is 2. The maximum absolute atomic E-state index is 14.3. The Morgan fingerprint density at radius 1 is 1.55 bits per heavy atom. The topological polar surface area (TPSA) is 55.1 Å². The molecule has 0 bridgehead atoms. The van der Waals surface area contributed by atoms with E-state index in [9.17, 15) is 14.3 Å². The van der Waals surface area contributed by atoms with Gasteiger partial charge < -0.3 is 5.11 Å². The first-order valence-corrected chi connectivity index (χ1v) is 6.87. The molecule has 0 aromatic carbocycles. The number of fused-ring (bicyclic) bond motifs is 1. The van der Waals surface area contributed by atoms with E-state index in [1.807, 2.05) is 0 Å².